The largest absolute Gasteiger partial charge is 0.497 e. The summed E-state index contributed by atoms with van der Waals surface area (Å²) in [6.07, 6.45) is 1.97. The fraction of sp³-hybridized carbons (Fsp3) is 0.300. The molecule has 136 valence electrons. The monoisotopic (exact) mass is 354 g/mol. The van der Waals surface area contributed by atoms with Crippen molar-refractivity contribution in [2.24, 2.45) is 5.92 Å². The minimum Gasteiger partial charge on any atom is -0.497 e. The lowest BCUT2D eigenvalue weighted by Crippen LogP contribution is -2.24. The molecule has 6 nitrogen and oxygen atoms in total. The quantitative estimate of drug-likeness (QED) is 0.801. The summed E-state index contributed by atoms with van der Waals surface area (Å²) in [6, 6.07) is 12.4. The highest BCUT2D eigenvalue weighted by molar-refractivity contribution is 6.05. The lowest BCUT2D eigenvalue weighted by Gasteiger charge is -2.12. The van der Waals surface area contributed by atoms with E-state index in [9.17, 15) is 9.59 Å². The molecule has 1 saturated carbocycles. The van der Waals surface area contributed by atoms with Gasteiger partial charge in [-0.2, -0.15) is 0 Å². The second-order valence-corrected chi connectivity index (χ2v) is 6.21. The zero-order chi connectivity index (χ0) is 18.5. The smallest absolute Gasteiger partial charge is 0.255 e. The summed E-state index contributed by atoms with van der Waals surface area (Å²) in [4.78, 5) is 24.1. The molecule has 2 amide bonds. The maximum Gasteiger partial charge on any atom is 0.255 e. The summed E-state index contributed by atoms with van der Waals surface area (Å²) in [6.45, 7) is 0.476. The topological polar surface area (TPSA) is 76.7 Å². The van der Waals surface area contributed by atoms with Crippen LogP contribution in [0.4, 0.5) is 5.69 Å². The summed E-state index contributed by atoms with van der Waals surface area (Å²) in [5.41, 5.74) is 2.05. The van der Waals surface area contributed by atoms with Gasteiger partial charge in [0.1, 0.15) is 11.5 Å². The van der Waals surface area contributed by atoms with Crippen LogP contribution in [-0.4, -0.2) is 26.0 Å². The van der Waals surface area contributed by atoms with Crippen LogP contribution in [0.1, 0.15) is 28.8 Å². The van der Waals surface area contributed by atoms with E-state index in [4.69, 9.17) is 9.47 Å². The molecule has 1 aliphatic rings. The first-order valence-corrected chi connectivity index (χ1v) is 8.50. The Balaban J connectivity index is 1.61. The number of methoxy groups -OCH3 is 2. The molecule has 1 fully saturated rings. The van der Waals surface area contributed by atoms with Crippen molar-refractivity contribution in [3.63, 3.8) is 0 Å². The molecular weight excluding hydrogens is 332 g/mol. The van der Waals surface area contributed by atoms with Crippen molar-refractivity contribution in [3.8, 4) is 11.5 Å². The standard InChI is InChI=1S/C20H22N2O4/c1-25-16-9-10-17(18(11-16)26-2)22-20(24)15-5-3-13(4-6-15)12-21-19(23)14-7-8-14/h3-6,9-11,14H,7-8,12H2,1-2H3,(H,21,23)(H,22,24). The third kappa shape index (κ3) is 4.33. The van der Waals surface area contributed by atoms with Crippen LogP contribution in [0.25, 0.3) is 0 Å². The minimum atomic E-state index is -0.234. The molecule has 2 aromatic carbocycles. The van der Waals surface area contributed by atoms with Crippen LogP contribution in [-0.2, 0) is 11.3 Å². The van der Waals surface area contributed by atoms with E-state index in [1.807, 2.05) is 12.1 Å². The first kappa shape index (κ1) is 17.8. The zero-order valence-corrected chi connectivity index (χ0v) is 14.9. The number of hydrogen-bond acceptors (Lipinski definition) is 4. The number of carbonyl (C=O) groups is 2. The third-order valence-electron chi connectivity index (χ3n) is 4.29. The Bertz CT molecular complexity index is 798. The Morgan fingerprint density at radius 3 is 2.38 bits per heavy atom. The van der Waals surface area contributed by atoms with Gasteiger partial charge in [-0.3, -0.25) is 9.59 Å². The predicted octanol–water partition coefficient (Wildman–Crippen LogP) is 2.98. The Morgan fingerprint density at radius 2 is 1.77 bits per heavy atom. The number of amides is 2. The van der Waals surface area contributed by atoms with E-state index in [-0.39, 0.29) is 17.7 Å². The summed E-state index contributed by atoms with van der Waals surface area (Å²) < 4.78 is 10.4. The van der Waals surface area contributed by atoms with Crippen LogP contribution in [0, 0.1) is 5.92 Å². The highest BCUT2D eigenvalue weighted by atomic mass is 16.5. The van der Waals surface area contributed by atoms with Gasteiger partial charge in [-0.1, -0.05) is 12.1 Å². The van der Waals surface area contributed by atoms with E-state index in [1.54, 1.807) is 37.4 Å². The lowest BCUT2D eigenvalue weighted by atomic mass is 10.1. The highest BCUT2D eigenvalue weighted by Gasteiger charge is 2.29. The van der Waals surface area contributed by atoms with Crippen LogP contribution >= 0.6 is 0 Å². The summed E-state index contributed by atoms with van der Waals surface area (Å²) >= 11 is 0. The molecule has 0 heterocycles. The normalized spacial score (nSPS) is 13.0. The number of hydrogen-bond donors (Lipinski definition) is 2. The average Bonchev–Trinajstić information content (AvgIpc) is 3.52. The Kier molecular flexibility index (Phi) is 5.41. The zero-order valence-electron chi connectivity index (χ0n) is 14.9. The van der Waals surface area contributed by atoms with Crippen molar-refractivity contribution in [1.82, 2.24) is 5.32 Å². The third-order valence-corrected chi connectivity index (χ3v) is 4.29. The number of ether oxygens (including phenoxy) is 2. The van der Waals surface area contributed by atoms with Crippen molar-refractivity contribution in [3.05, 3.63) is 53.6 Å². The van der Waals surface area contributed by atoms with Gasteiger partial charge < -0.3 is 20.1 Å². The summed E-state index contributed by atoms with van der Waals surface area (Å²) in [7, 11) is 3.11. The fourth-order valence-electron chi connectivity index (χ4n) is 2.55. The van der Waals surface area contributed by atoms with Gasteiger partial charge in [-0.25, -0.2) is 0 Å². The van der Waals surface area contributed by atoms with E-state index in [0.717, 1.165) is 18.4 Å². The van der Waals surface area contributed by atoms with Crippen molar-refractivity contribution in [1.29, 1.82) is 0 Å². The van der Waals surface area contributed by atoms with Gasteiger partial charge in [-0.05, 0) is 42.7 Å². The van der Waals surface area contributed by atoms with Crippen LogP contribution in [0.3, 0.4) is 0 Å². The lowest BCUT2D eigenvalue weighted by molar-refractivity contribution is -0.122. The van der Waals surface area contributed by atoms with Gasteiger partial charge in [0.25, 0.3) is 5.91 Å². The molecule has 0 spiro atoms. The average molecular weight is 354 g/mol. The Morgan fingerprint density at radius 1 is 1.04 bits per heavy atom. The molecule has 0 radical (unpaired) electrons. The van der Waals surface area contributed by atoms with E-state index < -0.39 is 0 Å². The van der Waals surface area contributed by atoms with E-state index in [2.05, 4.69) is 10.6 Å². The Labute approximate surface area is 152 Å². The summed E-state index contributed by atoms with van der Waals surface area (Å²) in [5.74, 6) is 1.24. The van der Waals surface area contributed by atoms with Crippen molar-refractivity contribution in [2.45, 2.75) is 19.4 Å². The number of carbonyl (C=O) groups excluding carboxylic acids is 2. The fourth-order valence-corrected chi connectivity index (χ4v) is 2.55. The molecule has 1 aliphatic carbocycles. The Hall–Kier alpha value is -3.02. The van der Waals surface area contributed by atoms with Gasteiger partial charge in [-0.15, -0.1) is 0 Å². The van der Waals surface area contributed by atoms with Crippen LogP contribution < -0.4 is 20.1 Å². The molecule has 0 atom stereocenters. The number of rotatable bonds is 7. The van der Waals surface area contributed by atoms with E-state index in [0.29, 0.717) is 29.3 Å². The van der Waals surface area contributed by atoms with Gasteiger partial charge in [0.15, 0.2) is 0 Å². The number of anilines is 1. The molecule has 0 saturated heterocycles. The molecule has 26 heavy (non-hydrogen) atoms. The maximum atomic E-state index is 12.4. The number of benzene rings is 2. The molecule has 0 aliphatic heterocycles. The van der Waals surface area contributed by atoms with Crippen LogP contribution in [0.2, 0.25) is 0 Å². The molecule has 3 rings (SSSR count). The maximum absolute atomic E-state index is 12.4. The highest BCUT2D eigenvalue weighted by Crippen LogP contribution is 2.30. The SMILES string of the molecule is COc1ccc(NC(=O)c2ccc(CNC(=O)C3CC3)cc2)c(OC)c1. The van der Waals surface area contributed by atoms with Gasteiger partial charge in [0.2, 0.25) is 5.91 Å². The van der Waals surface area contributed by atoms with E-state index >= 15 is 0 Å². The first-order valence-electron chi connectivity index (χ1n) is 8.50. The van der Waals surface area contributed by atoms with Gasteiger partial charge in [0, 0.05) is 24.1 Å². The van der Waals surface area contributed by atoms with Gasteiger partial charge in [0.05, 0.1) is 19.9 Å². The van der Waals surface area contributed by atoms with Crippen LogP contribution in [0.15, 0.2) is 42.5 Å². The minimum absolute atomic E-state index is 0.110. The molecule has 0 unspecified atom stereocenters. The number of nitrogens with one attached hydrogen (secondary N) is 2. The van der Waals surface area contributed by atoms with Gasteiger partial charge >= 0.3 is 0 Å². The molecule has 2 aromatic rings. The van der Waals surface area contributed by atoms with E-state index in [1.165, 1.54) is 7.11 Å². The predicted molar refractivity (Wildman–Crippen MR) is 98.5 cm³/mol. The molecular formula is C20H22N2O4. The van der Waals surface area contributed by atoms with Crippen molar-refractivity contribution < 1.29 is 19.1 Å². The molecule has 0 bridgehead atoms. The van der Waals surface area contributed by atoms with Crippen LogP contribution in [0.5, 0.6) is 11.5 Å². The second-order valence-electron chi connectivity index (χ2n) is 6.21. The molecule has 6 heteroatoms. The first-order chi connectivity index (χ1) is 12.6. The molecule has 2 N–H and O–H groups in total. The second kappa shape index (κ2) is 7.91. The molecule has 0 aromatic heterocycles. The van der Waals surface area contributed by atoms with Crippen molar-refractivity contribution in [2.75, 3.05) is 19.5 Å². The van der Waals surface area contributed by atoms with Crippen molar-refractivity contribution >= 4 is 17.5 Å². The summed E-state index contributed by atoms with van der Waals surface area (Å²) in [5, 5.41) is 5.74.